The fourth-order valence-corrected chi connectivity index (χ4v) is 4.54. The van der Waals surface area contributed by atoms with Gasteiger partial charge in [0.1, 0.15) is 5.60 Å². The number of carbonyl (C=O) groups is 1. The van der Waals surface area contributed by atoms with Gasteiger partial charge in [0.05, 0.1) is 4.90 Å². The molecule has 1 amide bonds. The highest BCUT2D eigenvalue weighted by Crippen LogP contribution is 2.35. The fourth-order valence-electron chi connectivity index (χ4n) is 3.79. The lowest BCUT2D eigenvalue weighted by atomic mass is 10.0. The first-order valence-corrected chi connectivity index (χ1v) is 12.2. The van der Waals surface area contributed by atoms with Gasteiger partial charge in [-0.05, 0) is 51.5 Å². The van der Waals surface area contributed by atoms with E-state index in [-0.39, 0.29) is 11.0 Å². The second kappa shape index (κ2) is 9.38. The molecule has 1 heterocycles. The van der Waals surface area contributed by atoms with Gasteiger partial charge in [0.2, 0.25) is 10.0 Å². The van der Waals surface area contributed by atoms with Crippen molar-refractivity contribution >= 4 is 27.5 Å². The predicted molar refractivity (Wildman–Crippen MR) is 127 cm³/mol. The molecule has 3 N–H and O–H groups in total. The van der Waals surface area contributed by atoms with Crippen molar-refractivity contribution in [1.29, 1.82) is 0 Å². The fraction of sp³-hybridized carbons (Fsp3) is 0.435. The van der Waals surface area contributed by atoms with Crippen LogP contribution in [0.5, 0.6) is 0 Å². The molecule has 0 atom stereocenters. The minimum Gasteiger partial charge on any atom is -0.444 e. The molecule has 1 aliphatic heterocycles. The number of primary sulfonamides is 1. The molecule has 1 saturated heterocycles. The summed E-state index contributed by atoms with van der Waals surface area (Å²) in [7, 11) is -2.09. The van der Waals surface area contributed by atoms with Gasteiger partial charge in [-0.3, -0.25) is 0 Å². The first kappa shape index (κ1) is 23.9. The zero-order valence-corrected chi connectivity index (χ0v) is 19.9. The van der Waals surface area contributed by atoms with Crippen LogP contribution in [0.2, 0.25) is 0 Å². The third-order valence-electron chi connectivity index (χ3n) is 5.27. The summed E-state index contributed by atoms with van der Waals surface area (Å²) < 4.78 is 29.8. The quantitative estimate of drug-likeness (QED) is 0.724. The summed E-state index contributed by atoms with van der Waals surface area (Å²) in [5.74, 6) is 0. The Bertz CT molecular complexity index is 1080. The largest absolute Gasteiger partial charge is 0.444 e. The van der Waals surface area contributed by atoms with E-state index < -0.39 is 15.6 Å². The maximum absolute atomic E-state index is 12.5. The van der Waals surface area contributed by atoms with Crippen LogP contribution in [-0.4, -0.2) is 58.2 Å². The van der Waals surface area contributed by atoms with Gasteiger partial charge in [-0.2, -0.15) is 0 Å². The number of nitrogens with two attached hydrogens (primary N) is 1. The van der Waals surface area contributed by atoms with Crippen molar-refractivity contribution in [3.63, 3.8) is 0 Å². The average molecular weight is 461 g/mol. The van der Waals surface area contributed by atoms with Gasteiger partial charge < -0.3 is 19.9 Å². The number of anilines is 2. The molecule has 9 heteroatoms. The average Bonchev–Trinajstić information content (AvgIpc) is 2.98. The number of hydrogen-bond donors (Lipinski definition) is 2. The first-order chi connectivity index (χ1) is 15.0. The molecule has 174 valence electrons. The molecule has 0 saturated carbocycles. The number of amides is 1. The van der Waals surface area contributed by atoms with Crippen molar-refractivity contribution in [1.82, 2.24) is 4.90 Å². The zero-order chi connectivity index (χ0) is 23.5. The lowest BCUT2D eigenvalue weighted by molar-refractivity contribution is 0.0263. The molecule has 3 rings (SSSR count). The van der Waals surface area contributed by atoms with Crippen LogP contribution in [0.15, 0.2) is 47.4 Å². The highest BCUT2D eigenvalue weighted by atomic mass is 32.2. The Morgan fingerprint density at radius 3 is 2.41 bits per heavy atom. The Kier molecular flexibility index (Phi) is 7.00. The summed E-state index contributed by atoms with van der Waals surface area (Å²) in [6, 6.07) is 12.6. The second-order valence-electron chi connectivity index (χ2n) is 8.83. The van der Waals surface area contributed by atoms with E-state index in [4.69, 9.17) is 9.88 Å². The number of sulfonamides is 1. The van der Waals surface area contributed by atoms with Crippen molar-refractivity contribution in [3.8, 4) is 11.1 Å². The van der Waals surface area contributed by atoms with Crippen LogP contribution in [0.1, 0.15) is 27.2 Å². The Morgan fingerprint density at radius 1 is 1.03 bits per heavy atom. The standard InChI is InChI=1S/C23H32N4O4S/c1-23(2,3)31-22(28)27-13-7-12-26(14-15-27)17-10-11-20(25-4)19(16-17)18-8-5-6-9-21(18)32(24,29)30/h5-6,8-11,16,25H,7,12-15H2,1-4H3,(H2,24,29,30). The monoisotopic (exact) mass is 460 g/mol. The Morgan fingerprint density at radius 2 is 1.75 bits per heavy atom. The lowest BCUT2D eigenvalue weighted by Crippen LogP contribution is -2.39. The number of carbonyl (C=O) groups excluding carboxylic acids is 1. The van der Waals surface area contributed by atoms with Gasteiger partial charge >= 0.3 is 6.09 Å². The molecule has 8 nitrogen and oxygen atoms in total. The summed E-state index contributed by atoms with van der Waals surface area (Å²) in [4.78, 5) is 16.5. The Labute approximate surface area is 190 Å². The van der Waals surface area contributed by atoms with Gasteiger partial charge in [-0.15, -0.1) is 0 Å². The molecule has 32 heavy (non-hydrogen) atoms. The minimum atomic E-state index is -3.88. The third kappa shape index (κ3) is 5.72. The van der Waals surface area contributed by atoms with E-state index in [1.807, 2.05) is 39.0 Å². The normalized spacial score (nSPS) is 15.3. The molecule has 1 aliphatic rings. The molecule has 1 fully saturated rings. The molecular weight excluding hydrogens is 428 g/mol. The molecule has 0 aliphatic carbocycles. The van der Waals surface area contributed by atoms with E-state index in [1.165, 1.54) is 6.07 Å². The van der Waals surface area contributed by atoms with E-state index in [0.717, 1.165) is 29.9 Å². The van der Waals surface area contributed by atoms with Gasteiger partial charge in [0.15, 0.2) is 0 Å². The molecule has 2 aromatic rings. The number of nitrogens with one attached hydrogen (secondary N) is 1. The van der Waals surface area contributed by atoms with Crippen LogP contribution in [-0.2, 0) is 14.8 Å². The van der Waals surface area contributed by atoms with Crippen LogP contribution in [0.3, 0.4) is 0 Å². The Balaban J connectivity index is 1.89. The molecule has 0 bridgehead atoms. The molecule has 0 aromatic heterocycles. The van der Waals surface area contributed by atoms with E-state index >= 15 is 0 Å². The molecule has 2 aromatic carbocycles. The summed E-state index contributed by atoms with van der Waals surface area (Å²) in [5, 5.41) is 8.60. The van der Waals surface area contributed by atoms with Crippen LogP contribution in [0.25, 0.3) is 11.1 Å². The van der Waals surface area contributed by atoms with Crippen LogP contribution in [0.4, 0.5) is 16.2 Å². The summed E-state index contributed by atoms with van der Waals surface area (Å²) in [5.41, 5.74) is 2.52. The summed E-state index contributed by atoms with van der Waals surface area (Å²) >= 11 is 0. The van der Waals surface area contributed by atoms with Crippen LogP contribution in [0, 0.1) is 0 Å². The topological polar surface area (TPSA) is 105 Å². The number of hydrogen-bond acceptors (Lipinski definition) is 6. The number of ether oxygens (including phenoxy) is 1. The second-order valence-corrected chi connectivity index (χ2v) is 10.4. The van der Waals surface area contributed by atoms with Crippen molar-refractivity contribution in [2.45, 2.75) is 37.7 Å². The Hall–Kier alpha value is -2.78. The SMILES string of the molecule is CNc1ccc(N2CCCN(C(=O)OC(C)(C)C)CC2)cc1-c1ccccc1S(N)(=O)=O. The van der Waals surface area contributed by atoms with Crippen LogP contribution >= 0.6 is 0 Å². The molecule has 0 radical (unpaired) electrons. The number of benzene rings is 2. The third-order valence-corrected chi connectivity index (χ3v) is 6.24. The molecular formula is C23H32N4O4S. The van der Waals surface area contributed by atoms with Gasteiger partial charge in [-0.25, -0.2) is 18.4 Å². The highest BCUT2D eigenvalue weighted by molar-refractivity contribution is 7.89. The highest BCUT2D eigenvalue weighted by Gasteiger charge is 2.25. The lowest BCUT2D eigenvalue weighted by Gasteiger charge is -2.27. The van der Waals surface area contributed by atoms with Crippen molar-refractivity contribution in [2.24, 2.45) is 5.14 Å². The molecule has 0 unspecified atom stereocenters. The van der Waals surface area contributed by atoms with Crippen molar-refractivity contribution in [2.75, 3.05) is 43.4 Å². The van der Waals surface area contributed by atoms with Gasteiger partial charge in [0, 0.05) is 55.7 Å². The number of rotatable bonds is 4. The van der Waals surface area contributed by atoms with E-state index in [9.17, 15) is 13.2 Å². The van der Waals surface area contributed by atoms with Crippen molar-refractivity contribution in [3.05, 3.63) is 42.5 Å². The zero-order valence-electron chi connectivity index (χ0n) is 19.1. The van der Waals surface area contributed by atoms with Crippen molar-refractivity contribution < 1.29 is 17.9 Å². The van der Waals surface area contributed by atoms with E-state index in [0.29, 0.717) is 25.2 Å². The van der Waals surface area contributed by atoms with Gasteiger partial charge in [-0.1, -0.05) is 18.2 Å². The van der Waals surface area contributed by atoms with E-state index in [2.05, 4.69) is 10.2 Å². The van der Waals surface area contributed by atoms with Crippen LogP contribution < -0.4 is 15.4 Å². The smallest absolute Gasteiger partial charge is 0.410 e. The first-order valence-electron chi connectivity index (χ1n) is 10.7. The van der Waals surface area contributed by atoms with Gasteiger partial charge in [0.25, 0.3) is 0 Å². The molecule has 0 spiro atoms. The maximum Gasteiger partial charge on any atom is 0.410 e. The van der Waals surface area contributed by atoms with E-state index in [1.54, 1.807) is 30.1 Å². The summed E-state index contributed by atoms with van der Waals surface area (Å²) in [6.45, 7) is 8.17. The number of nitrogens with zero attached hydrogens (tertiary/aromatic N) is 2. The maximum atomic E-state index is 12.5. The predicted octanol–water partition coefficient (Wildman–Crippen LogP) is 3.49. The minimum absolute atomic E-state index is 0.0839. The summed E-state index contributed by atoms with van der Waals surface area (Å²) in [6.07, 6.45) is 0.503.